The van der Waals surface area contributed by atoms with Crippen molar-refractivity contribution in [2.45, 2.75) is 19.4 Å². The van der Waals surface area contributed by atoms with Crippen molar-refractivity contribution in [3.63, 3.8) is 0 Å². The first kappa shape index (κ1) is 17.2. The number of carbonyl (C=O) groups is 2. The van der Waals surface area contributed by atoms with Crippen molar-refractivity contribution in [3.8, 4) is 11.3 Å². The Kier molecular flexibility index (Phi) is 4.35. The van der Waals surface area contributed by atoms with Gasteiger partial charge in [0.2, 0.25) is 5.91 Å². The number of fused-ring (bicyclic) bond motifs is 1. The second-order valence-electron chi connectivity index (χ2n) is 6.75. The molecule has 2 amide bonds. The van der Waals surface area contributed by atoms with E-state index in [1.54, 1.807) is 39.8 Å². The fourth-order valence-electron chi connectivity index (χ4n) is 3.41. The standard InChI is InChI=1S/C20H19FN4O2/c1-13(26)22-17-8-9-24(11-17)20(27)15-4-7-19-23-18(12-25(19)10-15)14-2-5-16(21)6-3-14/h2-7,10,12,17H,8-9,11H2,1H3,(H,22,26)/t17-/m0/s1. The molecule has 0 bridgehead atoms. The lowest BCUT2D eigenvalue weighted by Gasteiger charge is -2.17. The van der Waals surface area contributed by atoms with Crippen molar-refractivity contribution in [2.24, 2.45) is 0 Å². The molecule has 0 aliphatic carbocycles. The zero-order valence-electron chi connectivity index (χ0n) is 14.9. The van der Waals surface area contributed by atoms with Crippen LogP contribution in [0.3, 0.4) is 0 Å². The molecular formula is C20H19FN4O2. The normalized spacial score (nSPS) is 16.7. The molecule has 0 unspecified atom stereocenters. The lowest BCUT2D eigenvalue weighted by molar-refractivity contribution is -0.119. The van der Waals surface area contributed by atoms with E-state index in [0.29, 0.717) is 30.0 Å². The lowest BCUT2D eigenvalue weighted by Crippen LogP contribution is -2.37. The molecule has 1 aliphatic heterocycles. The zero-order chi connectivity index (χ0) is 19.0. The van der Waals surface area contributed by atoms with Gasteiger partial charge in [-0.25, -0.2) is 9.37 Å². The van der Waals surface area contributed by atoms with Crippen LogP contribution in [0.2, 0.25) is 0 Å². The second-order valence-corrected chi connectivity index (χ2v) is 6.75. The summed E-state index contributed by atoms with van der Waals surface area (Å²) in [6.45, 7) is 2.62. The van der Waals surface area contributed by atoms with Crippen LogP contribution in [0.15, 0.2) is 48.8 Å². The van der Waals surface area contributed by atoms with Gasteiger partial charge in [-0.1, -0.05) is 0 Å². The number of halogens is 1. The van der Waals surface area contributed by atoms with Crippen molar-refractivity contribution in [1.82, 2.24) is 19.6 Å². The first-order valence-electron chi connectivity index (χ1n) is 8.81. The Bertz CT molecular complexity index is 1010. The van der Waals surface area contributed by atoms with Gasteiger partial charge in [-0.15, -0.1) is 0 Å². The monoisotopic (exact) mass is 366 g/mol. The molecule has 3 heterocycles. The van der Waals surface area contributed by atoms with Gasteiger partial charge in [0.15, 0.2) is 0 Å². The molecule has 138 valence electrons. The summed E-state index contributed by atoms with van der Waals surface area (Å²) in [5, 5.41) is 2.86. The van der Waals surface area contributed by atoms with Crippen LogP contribution in [0.1, 0.15) is 23.7 Å². The second kappa shape index (κ2) is 6.83. The smallest absolute Gasteiger partial charge is 0.255 e. The zero-order valence-corrected chi connectivity index (χ0v) is 14.9. The SMILES string of the molecule is CC(=O)N[C@H]1CCN(C(=O)c2ccc3nc(-c4ccc(F)cc4)cn3c2)C1. The van der Waals surface area contributed by atoms with Crippen LogP contribution in [0.4, 0.5) is 4.39 Å². The summed E-state index contributed by atoms with van der Waals surface area (Å²) in [7, 11) is 0. The number of imidazole rings is 1. The maximum Gasteiger partial charge on any atom is 0.255 e. The van der Waals surface area contributed by atoms with E-state index in [1.165, 1.54) is 19.1 Å². The van der Waals surface area contributed by atoms with E-state index in [2.05, 4.69) is 10.3 Å². The number of benzene rings is 1. The quantitative estimate of drug-likeness (QED) is 0.774. The maximum absolute atomic E-state index is 13.1. The number of likely N-dealkylation sites (tertiary alicyclic amines) is 1. The average molecular weight is 366 g/mol. The highest BCUT2D eigenvalue weighted by Gasteiger charge is 2.27. The number of rotatable bonds is 3. The summed E-state index contributed by atoms with van der Waals surface area (Å²) in [4.78, 5) is 30.2. The van der Waals surface area contributed by atoms with Crippen molar-refractivity contribution in [3.05, 3.63) is 60.2 Å². The van der Waals surface area contributed by atoms with Gasteiger partial charge in [-0.3, -0.25) is 9.59 Å². The minimum atomic E-state index is -0.293. The molecule has 7 heteroatoms. The Morgan fingerprint density at radius 2 is 1.93 bits per heavy atom. The Morgan fingerprint density at radius 3 is 2.67 bits per heavy atom. The van der Waals surface area contributed by atoms with Gasteiger partial charge in [-0.05, 0) is 42.8 Å². The van der Waals surface area contributed by atoms with Crippen LogP contribution >= 0.6 is 0 Å². The Morgan fingerprint density at radius 1 is 1.15 bits per heavy atom. The van der Waals surface area contributed by atoms with Crippen molar-refractivity contribution < 1.29 is 14.0 Å². The Balaban J connectivity index is 1.55. The molecule has 0 spiro atoms. The highest BCUT2D eigenvalue weighted by atomic mass is 19.1. The maximum atomic E-state index is 13.1. The topological polar surface area (TPSA) is 66.7 Å². The van der Waals surface area contributed by atoms with E-state index in [-0.39, 0.29) is 23.7 Å². The third-order valence-corrected chi connectivity index (χ3v) is 4.72. The van der Waals surface area contributed by atoms with Crippen LogP contribution < -0.4 is 5.32 Å². The minimum absolute atomic E-state index is 0.00787. The van der Waals surface area contributed by atoms with Crippen LogP contribution in [-0.2, 0) is 4.79 Å². The summed E-state index contributed by atoms with van der Waals surface area (Å²) in [5.74, 6) is -0.442. The van der Waals surface area contributed by atoms with Gasteiger partial charge in [0.05, 0.1) is 11.3 Å². The van der Waals surface area contributed by atoms with Crippen LogP contribution in [0.5, 0.6) is 0 Å². The molecule has 1 atom stereocenters. The molecule has 1 N–H and O–H groups in total. The van der Waals surface area contributed by atoms with E-state index < -0.39 is 0 Å². The summed E-state index contributed by atoms with van der Waals surface area (Å²) < 4.78 is 14.9. The molecule has 1 aliphatic rings. The van der Waals surface area contributed by atoms with Gasteiger partial charge < -0.3 is 14.6 Å². The third kappa shape index (κ3) is 3.53. The molecule has 0 saturated carbocycles. The number of hydrogen-bond donors (Lipinski definition) is 1. The van der Waals surface area contributed by atoms with Gasteiger partial charge in [0.1, 0.15) is 11.5 Å². The Labute approximate surface area is 155 Å². The van der Waals surface area contributed by atoms with Crippen LogP contribution in [-0.4, -0.2) is 45.2 Å². The number of nitrogens with one attached hydrogen (secondary N) is 1. The lowest BCUT2D eigenvalue weighted by atomic mass is 10.2. The molecule has 2 aromatic heterocycles. The first-order chi connectivity index (χ1) is 13.0. The van der Waals surface area contributed by atoms with Gasteiger partial charge in [0, 0.05) is 44.0 Å². The molecule has 4 rings (SSSR count). The highest BCUT2D eigenvalue weighted by Crippen LogP contribution is 2.21. The predicted octanol–water partition coefficient (Wildman–Crippen LogP) is 2.49. The number of carbonyl (C=O) groups excluding carboxylic acids is 2. The molecule has 3 aromatic rings. The van der Waals surface area contributed by atoms with E-state index in [1.807, 2.05) is 6.20 Å². The molecule has 0 radical (unpaired) electrons. The number of amides is 2. The number of aromatic nitrogens is 2. The molecule has 1 fully saturated rings. The van der Waals surface area contributed by atoms with Crippen molar-refractivity contribution >= 4 is 17.5 Å². The van der Waals surface area contributed by atoms with Crippen LogP contribution in [0, 0.1) is 5.82 Å². The van der Waals surface area contributed by atoms with E-state index in [4.69, 9.17) is 0 Å². The number of pyridine rings is 1. The minimum Gasteiger partial charge on any atom is -0.352 e. The fraction of sp³-hybridized carbons (Fsp3) is 0.250. The average Bonchev–Trinajstić information content (AvgIpc) is 3.27. The van der Waals surface area contributed by atoms with Crippen molar-refractivity contribution in [2.75, 3.05) is 13.1 Å². The molecule has 1 aromatic carbocycles. The summed E-state index contributed by atoms with van der Waals surface area (Å²) >= 11 is 0. The van der Waals surface area contributed by atoms with Gasteiger partial charge in [0.25, 0.3) is 5.91 Å². The number of hydrogen-bond acceptors (Lipinski definition) is 3. The largest absolute Gasteiger partial charge is 0.352 e. The molecule has 27 heavy (non-hydrogen) atoms. The predicted molar refractivity (Wildman–Crippen MR) is 98.7 cm³/mol. The summed E-state index contributed by atoms with van der Waals surface area (Å²) in [5.41, 5.74) is 2.80. The number of nitrogens with zero attached hydrogens (tertiary/aromatic N) is 3. The molecule has 1 saturated heterocycles. The summed E-state index contributed by atoms with van der Waals surface area (Å²) in [6.07, 6.45) is 4.33. The fourth-order valence-corrected chi connectivity index (χ4v) is 3.41. The first-order valence-corrected chi connectivity index (χ1v) is 8.81. The van der Waals surface area contributed by atoms with E-state index >= 15 is 0 Å². The summed E-state index contributed by atoms with van der Waals surface area (Å²) in [6, 6.07) is 9.70. The molecular weight excluding hydrogens is 347 g/mol. The highest BCUT2D eigenvalue weighted by molar-refractivity contribution is 5.94. The van der Waals surface area contributed by atoms with Gasteiger partial charge in [-0.2, -0.15) is 0 Å². The van der Waals surface area contributed by atoms with Crippen molar-refractivity contribution in [1.29, 1.82) is 0 Å². The van der Waals surface area contributed by atoms with Gasteiger partial charge >= 0.3 is 0 Å². The Hall–Kier alpha value is -3.22. The van der Waals surface area contributed by atoms with Crippen LogP contribution in [0.25, 0.3) is 16.9 Å². The third-order valence-electron chi connectivity index (χ3n) is 4.72. The molecule has 6 nitrogen and oxygen atoms in total. The van der Waals surface area contributed by atoms with E-state index in [9.17, 15) is 14.0 Å². The van der Waals surface area contributed by atoms with E-state index in [0.717, 1.165) is 12.0 Å².